The summed E-state index contributed by atoms with van der Waals surface area (Å²) >= 11 is 0. The molecule has 0 amide bonds. The molecule has 1 fully saturated rings. The standard InChI is InChI=1S/C11H17N3O4S2/c1-2-19-20-9-8(16)6(5-15)18-10(9)14-4-3-7(12)13-11(14)17/h3-4,6,8-10,15-16H,2,5H2,1H3,(H2,12,13,17)/t6-,8?,9+,10-/m1/s1. The Bertz CT molecular complexity index is 513. The summed E-state index contributed by atoms with van der Waals surface area (Å²) in [5.74, 6) is 0.995. The first-order chi connectivity index (χ1) is 9.58. The van der Waals surface area contributed by atoms with Gasteiger partial charge in [-0.05, 0) is 6.07 Å². The molecule has 1 aromatic rings. The van der Waals surface area contributed by atoms with Crippen molar-refractivity contribution in [2.24, 2.45) is 0 Å². The maximum absolute atomic E-state index is 11.9. The molecule has 9 heteroatoms. The third-order valence-corrected chi connectivity index (χ3v) is 5.80. The average molecular weight is 319 g/mol. The number of aromatic nitrogens is 2. The zero-order valence-electron chi connectivity index (χ0n) is 10.9. The first kappa shape index (κ1) is 15.6. The summed E-state index contributed by atoms with van der Waals surface area (Å²) in [6.07, 6.45) is -0.740. The summed E-state index contributed by atoms with van der Waals surface area (Å²) in [5, 5.41) is 19.0. The Labute approximate surface area is 123 Å². The monoisotopic (exact) mass is 319 g/mol. The second kappa shape index (κ2) is 6.81. The molecular weight excluding hydrogens is 302 g/mol. The molecule has 112 valence electrons. The lowest BCUT2D eigenvalue weighted by atomic mass is 10.2. The van der Waals surface area contributed by atoms with Crippen LogP contribution in [-0.2, 0) is 4.74 Å². The van der Waals surface area contributed by atoms with Crippen molar-refractivity contribution < 1.29 is 14.9 Å². The van der Waals surface area contributed by atoms with Crippen LogP contribution in [0.5, 0.6) is 0 Å². The smallest absolute Gasteiger partial charge is 0.351 e. The minimum Gasteiger partial charge on any atom is -0.394 e. The molecule has 0 bridgehead atoms. The van der Waals surface area contributed by atoms with Gasteiger partial charge in [0.25, 0.3) is 0 Å². The molecule has 20 heavy (non-hydrogen) atoms. The number of aliphatic hydroxyl groups is 2. The summed E-state index contributed by atoms with van der Waals surface area (Å²) in [5.41, 5.74) is 4.92. The van der Waals surface area contributed by atoms with Crippen LogP contribution >= 0.6 is 21.6 Å². The number of nitrogen functional groups attached to an aromatic ring is 1. The molecule has 0 aromatic carbocycles. The van der Waals surface area contributed by atoms with E-state index in [1.807, 2.05) is 6.92 Å². The van der Waals surface area contributed by atoms with Crippen molar-refractivity contribution in [3.05, 3.63) is 22.7 Å². The van der Waals surface area contributed by atoms with Crippen molar-refractivity contribution >= 4 is 27.4 Å². The van der Waals surface area contributed by atoms with Crippen LogP contribution in [0, 0.1) is 0 Å². The van der Waals surface area contributed by atoms with Gasteiger partial charge in [0.05, 0.1) is 18.0 Å². The van der Waals surface area contributed by atoms with Crippen LogP contribution < -0.4 is 11.4 Å². The van der Waals surface area contributed by atoms with Gasteiger partial charge in [-0.1, -0.05) is 28.5 Å². The Morgan fingerprint density at radius 2 is 2.35 bits per heavy atom. The van der Waals surface area contributed by atoms with Gasteiger partial charge >= 0.3 is 5.69 Å². The van der Waals surface area contributed by atoms with Gasteiger partial charge in [-0.15, -0.1) is 0 Å². The molecule has 1 saturated heterocycles. The van der Waals surface area contributed by atoms with E-state index in [9.17, 15) is 15.0 Å². The highest BCUT2D eigenvalue weighted by molar-refractivity contribution is 8.76. The summed E-state index contributed by atoms with van der Waals surface area (Å²) in [4.78, 5) is 15.5. The lowest BCUT2D eigenvalue weighted by molar-refractivity contribution is -0.0456. The van der Waals surface area contributed by atoms with Crippen molar-refractivity contribution in [2.45, 2.75) is 30.6 Å². The second-order valence-electron chi connectivity index (χ2n) is 4.25. The Hall–Kier alpha value is -0.740. The molecular formula is C11H17N3O4S2. The Morgan fingerprint density at radius 1 is 1.60 bits per heavy atom. The predicted octanol–water partition coefficient (Wildman–Crippen LogP) is -0.154. The van der Waals surface area contributed by atoms with Gasteiger partial charge in [0.15, 0.2) is 6.23 Å². The zero-order valence-corrected chi connectivity index (χ0v) is 12.5. The molecule has 7 nitrogen and oxygen atoms in total. The summed E-state index contributed by atoms with van der Waals surface area (Å²) < 4.78 is 6.88. The molecule has 0 radical (unpaired) electrons. The maximum atomic E-state index is 11.9. The van der Waals surface area contributed by atoms with E-state index in [2.05, 4.69) is 4.98 Å². The van der Waals surface area contributed by atoms with Crippen LogP contribution in [-0.4, -0.2) is 49.6 Å². The molecule has 4 atom stereocenters. The van der Waals surface area contributed by atoms with Crippen LogP contribution in [0.1, 0.15) is 13.2 Å². The van der Waals surface area contributed by atoms with Gasteiger partial charge < -0.3 is 20.7 Å². The molecule has 1 aliphatic heterocycles. The third-order valence-electron chi connectivity index (χ3n) is 2.92. The third kappa shape index (κ3) is 3.12. The zero-order chi connectivity index (χ0) is 14.7. The topological polar surface area (TPSA) is 111 Å². The van der Waals surface area contributed by atoms with Crippen LogP contribution in [0.4, 0.5) is 5.82 Å². The minimum absolute atomic E-state index is 0.135. The fraction of sp³-hybridized carbons (Fsp3) is 0.636. The van der Waals surface area contributed by atoms with Gasteiger partial charge in [-0.25, -0.2) is 4.79 Å². The van der Waals surface area contributed by atoms with E-state index in [0.717, 1.165) is 5.75 Å². The van der Waals surface area contributed by atoms with E-state index in [0.29, 0.717) is 0 Å². The molecule has 0 spiro atoms. The van der Waals surface area contributed by atoms with Crippen LogP contribution in [0.15, 0.2) is 17.1 Å². The van der Waals surface area contributed by atoms with Crippen molar-refractivity contribution in [1.82, 2.24) is 9.55 Å². The second-order valence-corrected chi connectivity index (χ2v) is 7.08. The number of aliphatic hydroxyl groups excluding tert-OH is 2. The first-order valence-electron chi connectivity index (χ1n) is 6.15. The number of hydrogen-bond donors (Lipinski definition) is 3. The quantitative estimate of drug-likeness (QED) is 0.643. The molecule has 0 saturated carbocycles. The first-order valence-corrected chi connectivity index (χ1v) is 8.54. The number of nitrogens with two attached hydrogens (primary N) is 1. The molecule has 2 heterocycles. The number of ether oxygens (including phenoxy) is 1. The van der Waals surface area contributed by atoms with Crippen molar-refractivity contribution in [1.29, 1.82) is 0 Å². The van der Waals surface area contributed by atoms with Gasteiger partial charge in [-0.2, -0.15) is 4.98 Å². The fourth-order valence-electron chi connectivity index (χ4n) is 1.96. The predicted molar refractivity (Wildman–Crippen MR) is 79.4 cm³/mol. The normalized spacial score (nSPS) is 29.8. The van der Waals surface area contributed by atoms with E-state index in [4.69, 9.17) is 10.5 Å². The van der Waals surface area contributed by atoms with Crippen LogP contribution in [0.2, 0.25) is 0 Å². The summed E-state index contributed by atoms with van der Waals surface area (Å²) in [7, 11) is 3.00. The van der Waals surface area contributed by atoms with Gasteiger partial charge in [0.1, 0.15) is 11.9 Å². The van der Waals surface area contributed by atoms with E-state index in [1.54, 1.807) is 10.8 Å². The Morgan fingerprint density at radius 3 is 2.95 bits per heavy atom. The van der Waals surface area contributed by atoms with Gasteiger partial charge in [-0.3, -0.25) is 4.57 Å². The maximum Gasteiger partial charge on any atom is 0.351 e. The highest BCUT2D eigenvalue weighted by Gasteiger charge is 2.45. The number of anilines is 1. The number of nitrogens with zero attached hydrogens (tertiary/aromatic N) is 2. The fourth-order valence-corrected chi connectivity index (χ4v) is 4.34. The van der Waals surface area contributed by atoms with Gasteiger partial charge in [0.2, 0.25) is 0 Å². The van der Waals surface area contributed by atoms with Crippen LogP contribution in [0.25, 0.3) is 0 Å². The lowest BCUT2D eigenvalue weighted by Gasteiger charge is -2.20. The Kier molecular flexibility index (Phi) is 5.33. The summed E-state index contributed by atoms with van der Waals surface area (Å²) in [6.45, 7) is 1.69. The van der Waals surface area contributed by atoms with E-state index in [1.165, 1.54) is 27.6 Å². The highest BCUT2D eigenvalue weighted by atomic mass is 33.1. The highest BCUT2D eigenvalue weighted by Crippen LogP contribution is 2.42. The van der Waals surface area contributed by atoms with Crippen molar-refractivity contribution in [3.8, 4) is 0 Å². The SMILES string of the molecule is CCSS[C@H]1C(O)[C@@H](CO)O[C@H]1n1ccc(N)nc1=O. The lowest BCUT2D eigenvalue weighted by Crippen LogP contribution is -2.34. The molecule has 1 unspecified atom stereocenters. The molecule has 1 aromatic heterocycles. The average Bonchev–Trinajstić information content (AvgIpc) is 2.73. The molecule has 4 N–H and O–H groups in total. The molecule has 1 aliphatic rings. The minimum atomic E-state index is -0.849. The van der Waals surface area contributed by atoms with E-state index in [-0.39, 0.29) is 17.7 Å². The number of rotatable bonds is 5. The molecule has 0 aliphatic carbocycles. The van der Waals surface area contributed by atoms with Crippen LogP contribution in [0.3, 0.4) is 0 Å². The number of hydrogen-bond acceptors (Lipinski definition) is 8. The van der Waals surface area contributed by atoms with Gasteiger partial charge in [0, 0.05) is 11.9 Å². The van der Waals surface area contributed by atoms with Crippen molar-refractivity contribution in [2.75, 3.05) is 18.1 Å². The molecule has 2 rings (SSSR count). The summed E-state index contributed by atoms with van der Waals surface area (Å²) in [6, 6.07) is 1.50. The van der Waals surface area contributed by atoms with Crippen molar-refractivity contribution in [3.63, 3.8) is 0 Å². The largest absolute Gasteiger partial charge is 0.394 e. The Balaban J connectivity index is 2.29. The van der Waals surface area contributed by atoms with E-state index < -0.39 is 24.1 Å². The van der Waals surface area contributed by atoms with E-state index >= 15 is 0 Å².